The number of nitriles is 1. The lowest BCUT2D eigenvalue weighted by molar-refractivity contribution is 0.174. The van der Waals surface area contributed by atoms with Crippen LogP contribution in [0.1, 0.15) is 31.2 Å². The molecule has 204 valence electrons. The molecule has 0 unspecified atom stereocenters. The largest absolute Gasteiger partial charge is 0.371 e. The zero-order valence-electron chi connectivity index (χ0n) is 23.1. The minimum absolute atomic E-state index is 0.420. The van der Waals surface area contributed by atoms with Crippen molar-refractivity contribution in [2.24, 2.45) is 5.92 Å². The highest BCUT2D eigenvalue weighted by atomic mass is 15.2. The molecule has 1 N–H and O–H groups in total. The molecule has 0 radical (unpaired) electrons. The third kappa shape index (κ3) is 5.77. The van der Waals surface area contributed by atoms with Crippen LogP contribution in [-0.2, 0) is 0 Å². The third-order valence-electron chi connectivity index (χ3n) is 8.79. The molecule has 9 nitrogen and oxygen atoms in total. The lowest BCUT2D eigenvalue weighted by atomic mass is 9.96. The van der Waals surface area contributed by atoms with E-state index in [4.69, 9.17) is 10.2 Å². The number of hydrogen-bond acceptors (Lipinski definition) is 9. The van der Waals surface area contributed by atoms with Gasteiger partial charge in [0.2, 0.25) is 0 Å². The predicted molar refractivity (Wildman–Crippen MR) is 156 cm³/mol. The smallest absolute Gasteiger partial charge is 0.137 e. The summed E-state index contributed by atoms with van der Waals surface area (Å²) in [7, 11) is 4.35. The van der Waals surface area contributed by atoms with Crippen LogP contribution in [0.2, 0.25) is 0 Å². The molecule has 9 heteroatoms. The van der Waals surface area contributed by atoms with E-state index in [9.17, 15) is 0 Å². The number of hydrogen-bond donors (Lipinski definition) is 1. The molecular formula is C30H39N9. The number of anilines is 3. The number of rotatable bonds is 7. The van der Waals surface area contributed by atoms with E-state index < -0.39 is 0 Å². The Kier molecular flexibility index (Phi) is 7.49. The van der Waals surface area contributed by atoms with E-state index in [0.29, 0.717) is 18.0 Å². The summed E-state index contributed by atoms with van der Waals surface area (Å²) in [6.45, 7) is 7.64. The summed E-state index contributed by atoms with van der Waals surface area (Å²) >= 11 is 0. The lowest BCUT2D eigenvalue weighted by Gasteiger charge is -2.44. The van der Waals surface area contributed by atoms with Gasteiger partial charge in [-0.25, -0.2) is 15.0 Å². The van der Waals surface area contributed by atoms with E-state index in [-0.39, 0.29) is 0 Å². The van der Waals surface area contributed by atoms with Crippen LogP contribution in [0.15, 0.2) is 42.9 Å². The van der Waals surface area contributed by atoms with Crippen LogP contribution in [0, 0.1) is 17.2 Å². The molecule has 3 aliphatic heterocycles. The number of fused-ring (bicyclic) bond motifs is 1. The number of nitrogens with zero attached hydrogens (tertiary/aromatic N) is 8. The molecule has 2 aromatic heterocycles. The SMILES string of the molecule is CN(C)C1CCN(c2cc3c(NC4CCN(CC5CN(c6ccc(C#N)cc6)C5)CC4)ncnc3cn2)CC1. The van der Waals surface area contributed by atoms with Gasteiger partial charge < -0.3 is 24.9 Å². The van der Waals surface area contributed by atoms with Gasteiger partial charge in [0.05, 0.1) is 23.3 Å². The molecule has 0 saturated carbocycles. The van der Waals surface area contributed by atoms with Gasteiger partial charge in [0, 0.05) is 74.9 Å². The topological polar surface area (TPSA) is 87.5 Å². The molecule has 6 rings (SSSR count). The fourth-order valence-electron chi connectivity index (χ4n) is 6.31. The first kappa shape index (κ1) is 25.8. The van der Waals surface area contributed by atoms with Crippen molar-refractivity contribution in [3.05, 3.63) is 48.4 Å². The summed E-state index contributed by atoms with van der Waals surface area (Å²) in [4.78, 5) is 23.7. The Morgan fingerprint density at radius 3 is 2.38 bits per heavy atom. The van der Waals surface area contributed by atoms with E-state index in [2.05, 4.69) is 73.2 Å². The maximum Gasteiger partial charge on any atom is 0.137 e. The molecule has 3 aromatic rings. The molecule has 0 aliphatic carbocycles. The molecule has 3 fully saturated rings. The van der Waals surface area contributed by atoms with E-state index in [1.807, 2.05) is 18.3 Å². The second kappa shape index (κ2) is 11.3. The Balaban J connectivity index is 1.01. The minimum atomic E-state index is 0.420. The molecule has 0 spiro atoms. The molecule has 39 heavy (non-hydrogen) atoms. The molecule has 0 amide bonds. The maximum absolute atomic E-state index is 9.01. The molecule has 0 atom stereocenters. The van der Waals surface area contributed by atoms with E-state index >= 15 is 0 Å². The number of likely N-dealkylation sites (tertiary alicyclic amines) is 1. The van der Waals surface area contributed by atoms with Crippen molar-refractivity contribution in [1.82, 2.24) is 24.8 Å². The maximum atomic E-state index is 9.01. The third-order valence-corrected chi connectivity index (χ3v) is 8.79. The normalized spacial score (nSPS) is 19.8. The molecule has 5 heterocycles. The summed E-state index contributed by atoms with van der Waals surface area (Å²) in [5.74, 6) is 2.68. The van der Waals surface area contributed by atoms with Crippen molar-refractivity contribution < 1.29 is 0 Å². The minimum Gasteiger partial charge on any atom is -0.371 e. The van der Waals surface area contributed by atoms with Crippen LogP contribution >= 0.6 is 0 Å². The molecule has 3 saturated heterocycles. The van der Waals surface area contributed by atoms with Crippen LogP contribution < -0.4 is 15.1 Å². The zero-order valence-corrected chi connectivity index (χ0v) is 23.1. The van der Waals surface area contributed by atoms with Crippen LogP contribution in [0.5, 0.6) is 0 Å². The number of pyridine rings is 1. The monoisotopic (exact) mass is 525 g/mol. The fraction of sp³-hybridized carbons (Fsp3) is 0.533. The van der Waals surface area contributed by atoms with Crippen molar-refractivity contribution in [1.29, 1.82) is 5.26 Å². The first-order valence-corrected chi connectivity index (χ1v) is 14.3. The van der Waals surface area contributed by atoms with Crippen molar-refractivity contribution in [2.45, 2.75) is 37.8 Å². The Bertz CT molecular complexity index is 1300. The van der Waals surface area contributed by atoms with Crippen LogP contribution in [0.25, 0.3) is 10.9 Å². The van der Waals surface area contributed by atoms with Crippen molar-refractivity contribution in [2.75, 3.05) is 75.0 Å². The van der Waals surface area contributed by atoms with Gasteiger partial charge in [0.25, 0.3) is 0 Å². The van der Waals surface area contributed by atoms with E-state index in [0.717, 1.165) is 99.6 Å². The van der Waals surface area contributed by atoms with Gasteiger partial charge in [-0.1, -0.05) is 0 Å². The highest BCUT2D eigenvalue weighted by Gasteiger charge is 2.30. The van der Waals surface area contributed by atoms with Gasteiger partial charge in [-0.05, 0) is 70.1 Å². The summed E-state index contributed by atoms with van der Waals surface area (Å²) in [6, 6.07) is 13.4. The molecule has 0 bridgehead atoms. The van der Waals surface area contributed by atoms with Crippen LogP contribution in [0.3, 0.4) is 0 Å². The van der Waals surface area contributed by atoms with Crippen LogP contribution in [0.4, 0.5) is 17.3 Å². The quantitative estimate of drug-likeness (QED) is 0.498. The Hall–Kier alpha value is -3.48. The Morgan fingerprint density at radius 1 is 0.949 bits per heavy atom. The number of nitrogens with one attached hydrogen (secondary N) is 1. The zero-order chi connectivity index (χ0) is 26.8. The van der Waals surface area contributed by atoms with Gasteiger partial charge in [0.1, 0.15) is 18.0 Å². The highest BCUT2D eigenvalue weighted by molar-refractivity contribution is 5.90. The number of benzene rings is 1. The number of aromatic nitrogens is 3. The Morgan fingerprint density at radius 2 is 1.69 bits per heavy atom. The fourth-order valence-corrected chi connectivity index (χ4v) is 6.31. The van der Waals surface area contributed by atoms with Gasteiger partial charge in [0.15, 0.2) is 0 Å². The first-order valence-electron chi connectivity index (χ1n) is 14.3. The van der Waals surface area contributed by atoms with E-state index in [1.54, 1.807) is 6.33 Å². The summed E-state index contributed by atoms with van der Waals surface area (Å²) in [5, 5.41) is 13.8. The lowest BCUT2D eigenvalue weighted by Crippen LogP contribution is -2.53. The standard InChI is InChI=1S/C30H39N9/c1-36(2)25-9-13-38(14-10-25)29-15-27-28(17-32-29)33-21-34-30(27)35-24-7-11-37(12-8-24)18-23-19-39(20-23)26-5-3-22(16-31)4-6-26/h3-6,15,17,21,23-25H,7-14,18-20H2,1-2H3,(H,33,34,35). The Labute approximate surface area is 231 Å². The molecule has 3 aliphatic rings. The van der Waals surface area contributed by atoms with Crippen molar-refractivity contribution in [3.63, 3.8) is 0 Å². The average Bonchev–Trinajstić information content (AvgIpc) is 2.96. The number of piperidine rings is 2. The average molecular weight is 526 g/mol. The summed E-state index contributed by atoms with van der Waals surface area (Å²) < 4.78 is 0. The first-order chi connectivity index (χ1) is 19.1. The van der Waals surface area contributed by atoms with Gasteiger partial charge in [-0.3, -0.25) is 0 Å². The molecular weight excluding hydrogens is 486 g/mol. The summed E-state index contributed by atoms with van der Waals surface area (Å²) in [5.41, 5.74) is 2.84. The second-order valence-corrected chi connectivity index (χ2v) is 11.6. The summed E-state index contributed by atoms with van der Waals surface area (Å²) in [6.07, 6.45) is 8.12. The van der Waals surface area contributed by atoms with Gasteiger partial charge in [-0.15, -0.1) is 0 Å². The van der Waals surface area contributed by atoms with E-state index in [1.165, 1.54) is 5.69 Å². The van der Waals surface area contributed by atoms with Crippen molar-refractivity contribution >= 4 is 28.2 Å². The van der Waals surface area contributed by atoms with Gasteiger partial charge >= 0.3 is 0 Å². The predicted octanol–water partition coefficient (Wildman–Crippen LogP) is 3.44. The highest BCUT2D eigenvalue weighted by Crippen LogP contribution is 2.29. The second-order valence-electron chi connectivity index (χ2n) is 11.6. The van der Waals surface area contributed by atoms with Crippen molar-refractivity contribution in [3.8, 4) is 6.07 Å². The van der Waals surface area contributed by atoms with Gasteiger partial charge in [-0.2, -0.15) is 5.26 Å². The van der Waals surface area contributed by atoms with Crippen LogP contribution in [-0.4, -0.2) is 96.7 Å². The molecule has 1 aromatic carbocycles.